The molecule has 0 saturated carbocycles. The van der Waals surface area contributed by atoms with Crippen molar-refractivity contribution in [3.8, 4) is 17.4 Å². The lowest BCUT2D eigenvalue weighted by Crippen LogP contribution is -2.14. The maximum atomic E-state index is 13.9. The summed E-state index contributed by atoms with van der Waals surface area (Å²) in [6.07, 6.45) is 3.48. The fourth-order valence-corrected chi connectivity index (χ4v) is 3.00. The summed E-state index contributed by atoms with van der Waals surface area (Å²) in [5, 5.41) is 10.8. The van der Waals surface area contributed by atoms with Gasteiger partial charge in [-0.15, -0.1) is 10.2 Å². The minimum Gasteiger partial charge on any atom is -0.438 e. The van der Waals surface area contributed by atoms with Crippen LogP contribution in [-0.2, 0) is 0 Å². The van der Waals surface area contributed by atoms with Crippen LogP contribution < -0.4 is 10.1 Å². The van der Waals surface area contributed by atoms with E-state index in [0.717, 1.165) is 5.82 Å². The molecule has 0 unspecified atom stereocenters. The van der Waals surface area contributed by atoms with Crippen LogP contribution in [0.2, 0.25) is 5.02 Å². The van der Waals surface area contributed by atoms with Crippen LogP contribution in [-0.4, -0.2) is 25.7 Å². The molecule has 0 bridgehead atoms. The van der Waals surface area contributed by atoms with Crippen LogP contribution >= 0.6 is 11.6 Å². The number of ether oxygens (including phenoxy) is 1. The van der Waals surface area contributed by atoms with Gasteiger partial charge in [0.15, 0.2) is 5.82 Å². The van der Waals surface area contributed by atoms with Crippen LogP contribution in [0.1, 0.15) is 16.2 Å². The number of amides is 1. The van der Waals surface area contributed by atoms with Gasteiger partial charge in [0.1, 0.15) is 17.4 Å². The molecule has 2 heterocycles. The predicted octanol–water partition coefficient (Wildman–Crippen LogP) is 4.81. The largest absolute Gasteiger partial charge is 0.438 e. The number of hydrogen-bond acceptors (Lipinski definition) is 5. The molecule has 9 heteroatoms. The Morgan fingerprint density at radius 1 is 1.10 bits per heavy atom. The van der Waals surface area contributed by atoms with Crippen LogP contribution in [0.15, 0.2) is 67.0 Å². The van der Waals surface area contributed by atoms with Crippen molar-refractivity contribution in [2.24, 2.45) is 0 Å². The van der Waals surface area contributed by atoms with Gasteiger partial charge in [0, 0.05) is 24.1 Å². The molecule has 4 aromatic rings. The second kappa shape index (κ2) is 8.30. The zero-order chi connectivity index (χ0) is 21.1. The molecule has 0 aliphatic rings. The number of nitrogens with zero attached hydrogens (tertiary/aromatic N) is 4. The van der Waals surface area contributed by atoms with Gasteiger partial charge in [-0.25, -0.2) is 9.37 Å². The molecule has 0 atom stereocenters. The summed E-state index contributed by atoms with van der Waals surface area (Å²) in [4.78, 5) is 16.4. The van der Waals surface area contributed by atoms with Crippen molar-refractivity contribution in [1.29, 1.82) is 0 Å². The summed E-state index contributed by atoms with van der Waals surface area (Å²) in [6.45, 7) is 1.87. The Hall–Kier alpha value is -3.78. The summed E-state index contributed by atoms with van der Waals surface area (Å²) < 4.78 is 21.3. The first-order valence-corrected chi connectivity index (χ1v) is 9.26. The van der Waals surface area contributed by atoms with Gasteiger partial charge >= 0.3 is 0 Å². The van der Waals surface area contributed by atoms with Gasteiger partial charge in [-0.1, -0.05) is 17.7 Å². The number of aromatic nitrogens is 4. The summed E-state index contributed by atoms with van der Waals surface area (Å²) >= 11 is 5.92. The van der Waals surface area contributed by atoms with Crippen LogP contribution in [0.5, 0.6) is 11.6 Å². The normalized spacial score (nSPS) is 10.6. The molecular formula is C21H15ClFN5O2. The van der Waals surface area contributed by atoms with Crippen LogP contribution in [0.3, 0.4) is 0 Å². The Morgan fingerprint density at radius 3 is 2.53 bits per heavy atom. The quantitative estimate of drug-likeness (QED) is 0.498. The fraction of sp³-hybridized carbons (Fsp3) is 0.0476. The zero-order valence-corrected chi connectivity index (χ0v) is 16.5. The van der Waals surface area contributed by atoms with Crippen LogP contribution in [0.25, 0.3) is 5.82 Å². The van der Waals surface area contributed by atoms with E-state index in [-0.39, 0.29) is 10.6 Å². The Morgan fingerprint density at radius 2 is 1.90 bits per heavy atom. The van der Waals surface area contributed by atoms with E-state index in [0.29, 0.717) is 23.1 Å². The van der Waals surface area contributed by atoms with E-state index in [2.05, 4.69) is 20.5 Å². The number of anilines is 1. The first kappa shape index (κ1) is 19.5. The standard InChI is InChI=1S/C21H15ClFN5O2/c1-13-24-11-12-28(13)18-9-10-19(27-26-18)30-15-7-5-14(6-8-15)25-21(29)20-16(22)3-2-4-17(20)23/h2-12H,1H3,(H,25,29). The van der Waals surface area contributed by atoms with Crippen molar-refractivity contribution < 1.29 is 13.9 Å². The van der Waals surface area contributed by atoms with Crippen molar-refractivity contribution in [3.05, 3.63) is 89.2 Å². The second-order valence-corrected chi connectivity index (χ2v) is 6.66. The van der Waals surface area contributed by atoms with Gasteiger partial charge in [0.2, 0.25) is 5.88 Å². The molecule has 1 amide bonds. The van der Waals surface area contributed by atoms with Gasteiger partial charge in [0.25, 0.3) is 5.91 Å². The molecule has 2 aromatic heterocycles. The average molecular weight is 424 g/mol. The van der Waals surface area contributed by atoms with Crippen molar-refractivity contribution in [1.82, 2.24) is 19.7 Å². The Kier molecular flexibility index (Phi) is 5.40. The molecule has 0 fully saturated rings. The minimum absolute atomic E-state index is 0.0420. The fourth-order valence-electron chi connectivity index (χ4n) is 2.75. The highest BCUT2D eigenvalue weighted by atomic mass is 35.5. The SMILES string of the molecule is Cc1nccn1-c1ccc(Oc2ccc(NC(=O)c3c(F)cccc3Cl)cc2)nn1. The highest BCUT2D eigenvalue weighted by Crippen LogP contribution is 2.24. The van der Waals surface area contributed by atoms with E-state index < -0.39 is 11.7 Å². The molecule has 0 aliphatic heterocycles. The molecule has 0 spiro atoms. The Balaban J connectivity index is 1.43. The molecule has 4 rings (SSSR count). The number of hydrogen-bond donors (Lipinski definition) is 1. The van der Waals surface area contributed by atoms with Crippen molar-refractivity contribution in [3.63, 3.8) is 0 Å². The molecule has 0 radical (unpaired) electrons. The lowest BCUT2D eigenvalue weighted by Gasteiger charge is -2.09. The molecule has 2 aromatic carbocycles. The summed E-state index contributed by atoms with van der Waals surface area (Å²) in [6, 6.07) is 14.1. The topological polar surface area (TPSA) is 81.9 Å². The van der Waals surface area contributed by atoms with E-state index in [4.69, 9.17) is 16.3 Å². The molecule has 1 N–H and O–H groups in total. The molecule has 0 saturated heterocycles. The van der Waals surface area contributed by atoms with E-state index in [1.54, 1.807) is 53.4 Å². The third kappa shape index (κ3) is 4.13. The number of carbonyl (C=O) groups is 1. The molecular weight excluding hydrogens is 409 g/mol. The second-order valence-electron chi connectivity index (χ2n) is 6.25. The molecule has 7 nitrogen and oxygen atoms in total. The number of benzene rings is 2. The molecule has 30 heavy (non-hydrogen) atoms. The van der Waals surface area contributed by atoms with Crippen LogP contribution in [0, 0.1) is 12.7 Å². The minimum atomic E-state index is -0.687. The smallest absolute Gasteiger partial charge is 0.260 e. The van der Waals surface area contributed by atoms with Crippen LogP contribution in [0.4, 0.5) is 10.1 Å². The van der Waals surface area contributed by atoms with Gasteiger partial charge in [-0.2, -0.15) is 0 Å². The van der Waals surface area contributed by atoms with Gasteiger partial charge < -0.3 is 10.1 Å². The van der Waals surface area contributed by atoms with E-state index in [9.17, 15) is 9.18 Å². The summed E-state index contributed by atoms with van der Waals surface area (Å²) in [7, 11) is 0. The number of aryl methyl sites for hydroxylation is 1. The maximum Gasteiger partial charge on any atom is 0.260 e. The van der Waals surface area contributed by atoms with Crippen molar-refractivity contribution in [2.75, 3.05) is 5.32 Å². The first-order chi connectivity index (χ1) is 14.5. The zero-order valence-electron chi connectivity index (χ0n) is 15.7. The first-order valence-electron chi connectivity index (χ1n) is 8.88. The van der Waals surface area contributed by atoms with E-state index in [1.165, 1.54) is 18.2 Å². The Bertz CT molecular complexity index is 1170. The molecule has 150 valence electrons. The number of halogens is 2. The molecule has 0 aliphatic carbocycles. The Labute approximate surface area is 176 Å². The lowest BCUT2D eigenvalue weighted by atomic mass is 10.2. The maximum absolute atomic E-state index is 13.9. The highest BCUT2D eigenvalue weighted by molar-refractivity contribution is 6.34. The summed E-state index contributed by atoms with van der Waals surface area (Å²) in [5.41, 5.74) is 0.256. The van der Waals surface area contributed by atoms with E-state index >= 15 is 0 Å². The number of carbonyl (C=O) groups excluding carboxylic acids is 1. The third-order valence-corrected chi connectivity index (χ3v) is 4.54. The number of imidazole rings is 1. The van der Waals surface area contributed by atoms with Gasteiger partial charge in [-0.3, -0.25) is 9.36 Å². The average Bonchev–Trinajstić information content (AvgIpc) is 3.16. The number of rotatable bonds is 5. The van der Waals surface area contributed by atoms with Crippen molar-refractivity contribution >= 4 is 23.2 Å². The van der Waals surface area contributed by atoms with Crippen molar-refractivity contribution in [2.45, 2.75) is 6.92 Å². The summed E-state index contributed by atoms with van der Waals surface area (Å²) in [5.74, 6) is 0.912. The van der Waals surface area contributed by atoms with E-state index in [1.807, 2.05) is 6.92 Å². The highest BCUT2D eigenvalue weighted by Gasteiger charge is 2.16. The predicted molar refractivity (Wildman–Crippen MR) is 110 cm³/mol. The third-order valence-electron chi connectivity index (χ3n) is 4.22. The number of nitrogens with one attached hydrogen (secondary N) is 1. The van der Waals surface area contributed by atoms with Gasteiger partial charge in [-0.05, 0) is 49.4 Å². The van der Waals surface area contributed by atoms with Gasteiger partial charge in [0.05, 0.1) is 10.6 Å². The monoisotopic (exact) mass is 423 g/mol. The lowest BCUT2D eigenvalue weighted by molar-refractivity contribution is 0.102.